The SMILES string of the molecule is COc1cccc(OCC(=O)N2CCN(C(=O)CCC3CCCC3)CC2)c1. The highest BCUT2D eigenvalue weighted by Crippen LogP contribution is 2.28. The summed E-state index contributed by atoms with van der Waals surface area (Å²) in [5, 5.41) is 0. The molecule has 1 saturated carbocycles. The Balaban J connectivity index is 1.37. The van der Waals surface area contributed by atoms with Gasteiger partial charge >= 0.3 is 0 Å². The number of hydrogen-bond acceptors (Lipinski definition) is 4. The molecule has 1 aliphatic carbocycles. The van der Waals surface area contributed by atoms with E-state index >= 15 is 0 Å². The summed E-state index contributed by atoms with van der Waals surface area (Å²) < 4.78 is 10.7. The van der Waals surface area contributed by atoms with Crippen LogP contribution in [-0.4, -0.2) is 61.5 Å². The van der Waals surface area contributed by atoms with Gasteiger partial charge in [-0.1, -0.05) is 31.7 Å². The fourth-order valence-corrected chi connectivity index (χ4v) is 3.92. The minimum absolute atomic E-state index is 0.00277. The molecule has 1 saturated heterocycles. The van der Waals surface area contributed by atoms with Gasteiger partial charge in [-0.3, -0.25) is 9.59 Å². The molecular weight excluding hydrogens is 344 g/mol. The molecule has 3 rings (SSSR count). The van der Waals surface area contributed by atoms with Gasteiger partial charge in [-0.25, -0.2) is 0 Å². The maximum absolute atomic E-state index is 12.4. The van der Waals surface area contributed by atoms with E-state index in [4.69, 9.17) is 9.47 Å². The van der Waals surface area contributed by atoms with Crippen molar-refractivity contribution in [1.29, 1.82) is 0 Å². The maximum atomic E-state index is 12.4. The molecule has 0 N–H and O–H groups in total. The Morgan fingerprint density at radius 1 is 1.00 bits per heavy atom. The number of benzene rings is 1. The number of ether oxygens (including phenoxy) is 2. The third-order valence-electron chi connectivity index (χ3n) is 5.63. The molecule has 6 nitrogen and oxygen atoms in total. The lowest BCUT2D eigenvalue weighted by Crippen LogP contribution is -2.51. The van der Waals surface area contributed by atoms with Crippen LogP contribution in [-0.2, 0) is 9.59 Å². The summed E-state index contributed by atoms with van der Waals surface area (Å²) >= 11 is 0. The van der Waals surface area contributed by atoms with E-state index in [0.717, 1.165) is 12.3 Å². The first kappa shape index (κ1) is 19.5. The lowest BCUT2D eigenvalue weighted by Gasteiger charge is -2.35. The Labute approximate surface area is 161 Å². The highest BCUT2D eigenvalue weighted by Gasteiger charge is 2.25. The Hall–Kier alpha value is -2.24. The zero-order valence-electron chi connectivity index (χ0n) is 16.2. The van der Waals surface area contributed by atoms with Crippen LogP contribution < -0.4 is 9.47 Å². The van der Waals surface area contributed by atoms with Gasteiger partial charge in [-0.2, -0.15) is 0 Å². The van der Waals surface area contributed by atoms with Crippen molar-refractivity contribution < 1.29 is 19.1 Å². The maximum Gasteiger partial charge on any atom is 0.260 e. The summed E-state index contributed by atoms with van der Waals surface area (Å²) in [4.78, 5) is 28.4. The fourth-order valence-electron chi connectivity index (χ4n) is 3.92. The fraction of sp³-hybridized carbons (Fsp3) is 0.619. The second kappa shape index (κ2) is 9.62. The van der Waals surface area contributed by atoms with Gasteiger partial charge < -0.3 is 19.3 Å². The molecule has 148 valence electrons. The Morgan fingerprint density at radius 3 is 2.30 bits per heavy atom. The van der Waals surface area contributed by atoms with Crippen molar-refractivity contribution in [1.82, 2.24) is 9.80 Å². The molecule has 2 aliphatic rings. The van der Waals surface area contributed by atoms with Crippen molar-refractivity contribution in [3.8, 4) is 11.5 Å². The van der Waals surface area contributed by atoms with E-state index < -0.39 is 0 Å². The van der Waals surface area contributed by atoms with Gasteiger partial charge in [0.15, 0.2) is 6.61 Å². The van der Waals surface area contributed by atoms with E-state index in [1.165, 1.54) is 25.7 Å². The molecule has 2 fully saturated rings. The van der Waals surface area contributed by atoms with Gasteiger partial charge in [0.05, 0.1) is 7.11 Å². The number of methoxy groups -OCH3 is 1. The first-order chi connectivity index (χ1) is 13.2. The van der Waals surface area contributed by atoms with E-state index in [0.29, 0.717) is 44.1 Å². The Bertz CT molecular complexity index is 635. The molecule has 6 heteroatoms. The van der Waals surface area contributed by atoms with Crippen LogP contribution in [0.5, 0.6) is 11.5 Å². The third-order valence-corrected chi connectivity index (χ3v) is 5.63. The summed E-state index contributed by atoms with van der Waals surface area (Å²) in [7, 11) is 1.60. The molecule has 0 unspecified atom stereocenters. The first-order valence-electron chi connectivity index (χ1n) is 9.98. The molecule has 2 amide bonds. The number of hydrogen-bond donors (Lipinski definition) is 0. The highest BCUT2D eigenvalue weighted by atomic mass is 16.5. The van der Waals surface area contributed by atoms with Crippen molar-refractivity contribution in [2.24, 2.45) is 5.92 Å². The van der Waals surface area contributed by atoms with Gasteiger partial charge in [0, 0.05) is 38.7 Å². The van der Waals surface area contributed by atoms with Crippen LogP contribution >= 0.6 is 0 Å². The zero-order valence-corrected chi connectivity index (χ0v) is 16.2. The average molecular weight is 374 g/mol. The normalized spacial score (nSPS) is 17.8. The molecule has 0 spiro atoms. The molecule has 1 aromatic carbocycles. The Morgan fingerprint density at radius 2 is 1.63 bits per heavy atom. The number of piperazine rings is 1. The molecule has 0 radical (unpaired) electrons. The number of amides is 2. The summed E-state index contributed by atoms with van der Waals surface area (Å²) in [5.74, 6) is 2.25. The monoisotopic (exact) mass is 374 g/mol. The lowest BCUT2D eigenvalue weighted by atomic mass is 10.0. The van der Waals surface area contributed by atoms with Gasteiger partial charge in [-0.05, 0) is 24.5 Å². The van der Waals surface area contributed by atoms with Crippen LogP contribution in [0.1, 0.15) is 38.5 Å². The zero-order chi connectivity index (χ0) is 19.1. The minimum atomic E-state index is -0.0455. The average Bonchev–Trinajstić information content (AvgIpc) is 3.24. The van der Waals surface area contributed by atoms with E-state index in [9.17, 15) is 9.59 Å². The second-order valence-electron chi connectivity index (χ2n) is 7.42. The van der Waals surface area contributed by atoms with E-state index in [-0.39, 0.29) is 18.4 Å². The van der Waals surface area contributed by atoms with E-state index in [2.05, 4.69) is 0 Å². The van der Waals surface area contributed by atoms with Crippen LogP contribution in [0.3, 0.4) is 0 Å². The summed E-state index contributed by atoms with van der Waals surface area (Å²) in [6.07, 6.45) is 6.87. The molecule has 0 atom stereocenters. The quantitative estimate of drug-likeness (QED) is 0.736. The summed E-state index contributed by atoms with van der Waals surface area (Å²) in [5.41, 5.74) is 0. The third kappa shape index (κ3) is 5.62. The predicted molar refractivity (Wildman–Crippen MR) is 103 cm³/mol. The van der Waals surface area contributed by atoms with Gasteiger partial charge in [0.2, 0.25) is 5.91 Å². The van der Waals surface area contributed by atoms with Gasteiger partial charge in [0.25, 0.3) is 5.91 Å². The number of nitrogens with zero attached hydrogens (tertiary/aromatic N) is 2. The second-order valence-corrected chi connectivity index (χ2v) is 7.42. The number of carbonyl (C=O) groups excluding carboxylic acids is 2. The van der Waals surface area contributed by atoms with E-state index in [1.807, 2.05) is 17.0 Å². The topological polar surface area (TPSA) is 59.1 Å². The minimum Gasteiger partial charge on any atom is -0.497 e. The van der Waals surface area contributed by atoms with E-state index in [1.54, 1.807) is 24.1 Å². The first-order valence-corrected chi connectivity index (χ1v) is 9.98. The highest BCUT2D eigenvalue weighted by molar-refractivity contribution is 5.79. The molecule has 0 bridgehead atoms. The van der Waals surface area contributed by atoms with Gasteiger partial charge in [0.1, 0.15) is 11.5 Å². The molecule has 1 aromatic rings. The summed E-state index contributed by atoms with van der Waals surface area (Å²) in [6.45, 7) is 2.40. The van der Waals surface area contributed by atoms with Crippen molar-refractivity contribution in [3.63, 3.8) is 0 Å². The molecule has 1 heterocycles. The van der Waals surface area contributed by atoms with Crippen LogP contribution in [0, 0.1) is 5.92 Å². The van der Waals surface area contributed by atoms with Crippen LogP contribution in [0.25, 0.3) is 0 Å². The largest absolute Gasteiger partial charge is 0.497 e. The number of rotatable bonds is 7. The lowest BCUT2D eigenvalue weighted by molar-refractivity contribution is -0.140. The predicted octanol–water partition coefficient (Wildman–Crippen LogP) is 2.72. The standard InChI is InChI=1S/C21H30N2O4/c1-26-18-7-4-8-19(15-18)27-16-21(25)23-13-11-22(12-14-23)20(24)10-9-17-5-2-3-6-17/h4,7-8,15,17H,2-3,5-6,9-14,16H2,1H3. The smallest absolute Gasteiger partial charge is 0.260 e. The van der Waals surface area contributed by atoms with Crippen molar-refractivity contribution >= 4 is 11.8 Å². The van der Waals surface area contributed by atoms with Gasteiger partial charge in [-0.15, -0.1) is 0 Å². The summed E-state index contributed by atoms with van der Waals surface area (Å²) in [6, 6.07) is 7.22. The molecule has 0 aromatic heterocycles. The van der Waals surface area contributed by atoms with Crippen molar-refractivity contribution in [2.45, 2.75) is 38.5 Å². The Kier molecular flexibility index (Phi) is 6.96. The van der Waals surface area contributed by atoms with Crippen molar-refractivity contribution in [2.75, 3.05) is 39.9 Å². The molecule has 27 heavy (non-hydrogen) atoms. The van der Waals surface area contributed by atoms with Crippen LogP contribution in [0.2, 0.25) is 0 Å². The van der Waals surface area contributed by atoms with Crippen LogP contribution in [0.4, 0.5) is 0 Å². The van der Waals surface area contributed by atoms with Crippen LogP contribution in [0.15, 0.2) is 24.3 Å². The molecule has 1 aliphatic heterocycles. The van der Waals surface area contributed by atoms with Crippen molar-refractivity contribution in [3.05, 3.63) is 24.3 Å². The number of carbonyl (C=O) groups is 2. The molecular formula is C21H30N2O4.